The average molecular weight is 357 g/mol. The van der Waals surface area contributed by atoms with E-state index in [9.17, 15) is 4.79 Å². The molecule has 0 spiro atoms. The molecular formula is C14H21BrN4O2. The number of anilines is 1. The number of halogens is 1. The van der Waals surface area contributed by atoms with E-state index in [1.54, 1.807) is 17.3 Å². The van der Waals surface area contributed by atoms with Crippen molar-refractivity contribution in [2.45, 2.75) is 38.8 Å². The highest BCUT2D eigenvalue weighted by Crippen LogP contribution is 2.21. The Balaban J connectivity index is 1.95. The first-order valence-electron chi connectivity index (χ1n) is 6.94. The molecule has 21 heavy (non-hydrogen) atoms. The summed E-state index contributed by atoms with van der Waals surface area (Å²) >= 11 is 3.32. The van der Waals surface area contributed by atoms with Crippen LogP contribution in [0.1, 0.15) is 27.2 Å². The molecule has 2 rings (SSSR count). The van der Waals surface area contributed by atoms with Crippen LogP contribution in [0.25, 0.3) is 0 Å². The summed E-state index contributed by atoms with van der Waals surface area (Å²) in [7, 11) is 1.95. The summed E-state index contributed by atoms with van der Waals surface area (Å²) in [6.45, 7) is 6.95. The molecule has 7 heteroatoms. The van der Waals surface area contributed by atoms with Gasteiger partial charge in [-0.05, 0) is 43.1 Å². The first kappa shape index (κ1) is 16.0. The zero-order valence-electron chi connectivity index (χ0n) is 12.8. The van der Waals surface area contributed by atoms with Crippen LogP contribution in [0.15, 0.2) is 16.9 Å². The van der Waals surface area contributed by atoms with Gasteiger partial charge < -0.3 is 14.5 Å². The molecule has 0 radical (unpaired) electrons. The summed E-state index contributed by atoms with van der Waals surface area (Å²) in [4.78, 5) is 24.4. The van der Waals surface area contributed by atoms with Crippen molar-refractivity contribution in [3.05, 3.63) is 16.9 Å². The minimum atomic E-state index is -0.462. The largest absolute Gasteiger partial charge is 0.444 e. The number of rotatable bonds is 2. The van der Waals surface area contributed by atoms with E-state index >= 15 is 0 Å². The van der Waals surface area contributed by atoms with Crippen molar-refractivity contribution in [2.24, 2.45) is 0 Å². The smallest absolute Gasteiger partial charge is 0.410 e. The van der Waals surface area contributed by atoms with Gasteiger partial charge in [0.1, 0.15) is 5.60 Å². The second-order valence-corrected chi connectivity index (χ2v) is 7.10. The normalized spacial score (nSPS) is 18.7. The van der Waals surface area contributed by atoms with E-state index in [-0.39, 0.29) is 12.1 Å². The molecule has 1 aliphatic heterocycles. The van der Waals surface area contributed by atoms with Gasteiger partial charge in [-0.2, -0.15) is 0 Å². The minimum Gasteiger partial charge on any atom is -0.444 e. The average Bonchev–Trinajstić information content (AvgIpc) is 2.86. The number of hydrogen-bond donors (Lipinski definition) is 0. The first-order valence-corrected chi connectivity index (χ1v) is 7.74. The van der Waals surface area contributed by atoms with Gasteiger partial charge in [0, 0.05) is 32.5 Å². The van der Waals surface area contributed by atoms with Crippen molar-refractivity contribution in [2.75, 3.05) is 25.0 Å². The van der Waals surface area contributed by atoms with Gasteiger partial charge in [0.25, 0.3) is 0 Å². The van der Waals surface area contributed by atoms with Crippen LogP contribution in [0.2, 0.25) is 0 Å². The standard InChI is InChI=1S/C14H21BrN4O2/c1-14(2,3)21-13(20)19-6-5-11(9-19)18(4)12-16-7-10(15)8-17-12/h7-8,11H,5-6,9H2,1-4H3. The van der Waals surface area contributed by atoms with Crippen molar-refractivity contribution in [1.29, 1.82) is 0 Å². The van der Waals surface area contributed by atoms with Crippen molar-refractivity contribution in [1.82, 2.24) is 14.9 Å². The quantitative estimate of drug-likeness (QED) is 0.815. The zero-order chi connectivity index (χ0) is 15.6. The number of amides is 1. The molecule has 116 valence electrons. The molecule has 0 aliphatic carbocycles. The van der Waals surface area contributed by atoms with Gasteiger partial charge in [-0.1, -0.05) is 0 Å². The highest BCUT2D eigenvalue weighted by Gasteiger charge is 2.32. The van der Waals surface area contributed by atoms with E-state index in [1.807, 2.05) is 32.7 Å². The molecule has 1 saturated heterocycles. The third kappa shape index (κ3) is 4.30. The van der Waals surface area contributed by atoms with Crippen LogP contribution in [0, 0.1) is 0 Å². The second-order valence-electron chi connectivity index (χ2n) is 6.18. The molecule has 6 nitrogen and oxygen atoms in total. The van der Waals surface area contributed by atoms with E-state index in [2.05, 4.69) is 25.9 Å². The summed E-state index contributed by atoms with van der Waals surface area (Å²) in [6, 6.07) is 0.207. The number of aromatic nitrogens is 2. The molecule has 1 fully saturated rings. The molecule has 1 atom stereocenters. The number of ether oxygens (including phenoxy) is 1. The summed E-state index contributed by atoms with van der Waals surface area (Å²) in [5.74, 6) is 0.661. The topological polar surface area (TPSA) is 58.6 Å². The molecule has 0 saturated carbocycles. The van der Waals surface area contributed by atoms with Gasteiger partial charge in [0.05, 0.1) is 10.5 Å². The van der Waals surface area contributed by atoms with E-state index in [4.69, 9.17) is 4.74 Å². The van der Waals surface area contributed by atoms with Crippen molar-refractivity contribution in [3.63, 3.8) is 0 Å². The summed E-state index contributed by atoms with van der Waals surface area (Å²) in [6.07, 6.45) is 4.07. The van der Waals surface area contributed by atoms with Crippen LogP contribution in [0.3, 0.4) is 0 Å². The lowest BCUT2D eigenvalue weighted by Gasteiger charge is -2.26. The van der Waals surface area contributed by atoms with Gasteiger partial charge in [-0.25, -0.2) is 14.8 Å². The van der Waals surface area contributed by atoms with Gasteiger partial charge >= 0.3 is 6.09 Å². The summed E-state index contributed by atoms with van der Waals surface area (Å²) in [5, 5.41) is 0. The zero-order valence-corrected chi connectivity index (χ0v) is 14.4. The number of carbonyl (C=O) groups is 1. The Morgan fingerprint density at radius 2 is 2.05 bits per heavy atom. The van der Waals surface area contributed by atoms with Gasteiger partial charge in [0.2, 0.25) is 5.95 Å². The number of likely N-dealkylation sites (tertiary alicyclic amines) is 1. The number of nitrogens with zero attached hydrogens (tertiary/aromatic N) is 4. The van der Waals surface area contributed by atoms with E-state index in [0.29, 0.717) is 19.0 Å². The fraction of sp³-hybridized carbons (Fsp3) is 0.643. The molecule has 1 amide bonds. The van der Waals surface area contributed by atoms with E-state index in [1.165, 1.54) is 0 Å². The van der Waals surface area contributed by atoms with Crippen LogP contribution in [-0.2, 0) is 4.74 Å². The van der Waals surface area contributed by atoms with E-state index in [0.717, 1.165) is 10.9 Å². The second kappa shape index (κ2) is 6.17. The Kier molecular flexibility index (Phi) is 4.70. The van der Waals surface area contributed by atoms with Gasteiger partial charge in [0.15, 0.2) is 0 Å². The number of carbonyl (C=O) groups excluding carboxylic acids is 1. The molecule has 1 aromatic rings. The summed E-state index contributed by atoms with van der Waals surface area (Å²) in [5.41, 5.74) is -0.462. The molecular weight excluding hydrogens is 336 g/mol. The minimum absolute atomic E-state index is 0.207. The fourth-order valence-electron chi connectivity index (χ4n) is 2.20. The fourth-order valence-corrected chi connectivity index (χ4v) is 2.41. The predicted molar refractivity (Wildman–Crippen MR) is 84.3 cm³/mol. The maximum atomic E-state index is 12.1. The molecule has 0 aromatic carbocycles. The molecule has 2 heterocycles. The SMILES string of the molecule is CN(c1ncc(Br)cn1)C1CCN(C(=O)OC(C)(C)C)C1. The molecule has 0 bridgehead atoms. The van der Waals surface area contributed by atoms with E-state index < -0.39 is 5.60 Å². The third-order valence-electron chi connectivity index (χ3n) is 3.28. The van der Waals surface area contributed by atoms with Gasteiger partial charge in [-0.3, -0.25) is 0 Å². The molecule has 0 N–H and O–H groups in total. The van der Waals surface area contributed by atoms with Crippen LogP contribution in [0.5, 0.6) is 0 Å². The Labute approximate surface area is 133 Å². The Morgan fingerprint density at radius 3 is 2.62 bits per heavy atom. The monoisotopic (exact) mass is 356 g/mol. The first-order chi connectivity index (χ1) is 9.76. The summed E-state index contributed by atoms with van der Waals surface area (Å²) < 4.78 is 6.25. The van der Waals surface area contributed by atoms with Crippen molar-refractivity contribution < 1.29 is 9.53 Å². The Bertz CT molecular complexity index is 501. The highest BCUT2D eigenvalue weighted by molar-refractivity contribution is 9.10. The van der Waals surface area contributed by atoms with Crippen molar-refractivity contribution in [3.8, 4) is 0 Å². The highest BCUT2D eigenvalue weighted by atomic mass is 79.9. The Morgan fingerprint density at radius 1 is 1.43 bits per heavy atom. The lowest BCUT2D eigenvalue weighted by Crippen LogP contribution is -2.39. The van der Waals surface area contributed by atoms with Crippen LogP contribution in [0.4, 0.5) is 10.7 Å². The number of likely N-dealkylation sites (N-methyl/N-ethyl adjacent to an activating group) is 1. The molecule has 1 aliphatic rings. The van der Waals surface area contributed by atoms with Gasteiger partial charge in [-0.15, -0.1) is 0 Å². The van der Waals surface area contributed by atoms with Crippen LogP contribution < -0.4 is 4.90 Å². The molecule has 1 aromatic heterocycles. The lowest BCUT2D eigenvalue weighted by molar-refractivity contribution is 0.0292. The lowest BCUT2D eigenvalue weighted by atomic mass is 10.2. The maximum absolute atomic E-state index is 12.1. The predicted octanol–water partition coefficient (Wildman–Crippen LogP) is 2.68. The third-order valence-corrected chi connectivity index (χ3v) is 3.69. The van der Waals surface area contributed by atoms with Crippen molar-refractivity contribution >= 4 is 28.0 Å². The molecule has 1 unspecified atom stereocenters. The Hall–Kier alpha value is -1.37. The maximum Gasteiger partial charge on any atom is 0.410 e. The number of hydrogen-bond acceptors (Lipinski definition) is 5. The van der Waals surface area contributed by atoms with Crippen LogP contribution in [-0.4, -0.2) is 52.7 Å². The van der Waals surface area contributed by atoms with Crippen LogP contribution >= 0.6 is 15.9 Å².